The molecule has 3 amide bonds. The lowest BCUT2D eigenvalue weighted by atomic mass is 10.1. The van der Waals surface area contributed by atoms with Crippen molar-refractivity contribution in [1.29, 1.82) is 0 Å². The Morgan fingerprint density at radius 3 is 2.61 bits per heavy atom. The molecule has 28 heavy (non-hydrogen) atoms. The number of anilines is 4. The molecule has 4 N–H and O–H groups in total. The van der Waals surface area contributed by atoms with Crippen LogP contribution in [0.4, 0.5) is 22.7 Å². The van der Waals surface area contributed by atoms with Gasteiger partial charge in [-0.05, 0) is 61.7 Å². The predicted octanol–water partition coefficient (Wildman–Crippen LogP) is 3.36. The molecule has 4 rings (SSSR count). The first-order valence-electron chi connectivity index (χ1n) is 9.42. The highest BCUT2D eigenvalue weighted by molar-refractivity contribution is 6.06. The monoisotopic (exact) mass is 378 g/mol. The van der Waals surface area contributed by atoms with Gasteiger partial charge in [0.1, 0.15) is 0 Å². The highest BCUT2D eigenvalue weighted by atomic mass is 16.2. The second kappa shape index (κ2) is 7.34. The maximum absolute atomic E-state index is 12.7. The normalized spacial score (nSPS) is 18.4. The third kappa shape index (κ3) is 3.83. The highest BCUT2D eigenvalue weighted by Crippen LogP contribution is 2.29. The van der Waals surface area contributed by atoms with E-state index in [-0.39, 0.29) is 23.8 Å². The minimum Gasteiger partial charge on any atom is -0.380 e. The average molecular weight is 378 g/mol. The van der Waals surface area contributed by atoms with Crippen molar-refractivity contribution in [2.45, 2.75) is 38.6 Å². The number of aryl methyl sites for hydroxylation is 1. The van der Waals surface area contributed by atoms with Crippen molar-refractivity contribution in [3.8, 4) is 0 Å². The molecule has 2 aromatic carbocycles. The van der Waals surface area contributed by atoms with Gasteiger partial charge in [0, 0.05) is 35.8 Å². The minimum absolute atomic E-state index is 0.0145. The fraction of sp³-hybridized carbons (Fsp3) is 0.286. The summed E-state index contributed by atoms with van der Waals surface area (Å²) in [5.41, 5.74) is 4.41. The van der Waals surface area contributed by atoms with Crippen LogP contribution >= 0.6 is 0 Å². The summed E-state index contributed by atoms with van der Waals surface area (Å²) in [6.07, 6.45) is 2.46. The predicted molar refractivity (Wildman–Crippen MR) is 109 cm³/mol. The van der Waals surface area contributed by atoms with Crippen LogP contribution in [0.3, 0.4) is 0 Å². The first kappa shape index (κ1) is 18.0. The molecule has 1 unspecified atom stereocenters. The van der Waals surface area contributed by atoms with Gasteiger partial charge in [-0.1, -0.05) is 0 Å². The van der Waals surface area contributed by atoms with Crippen LogP contribution in [-0.2, 0) is 16.0 Å². The molecular weight excluding hydrogens is 356 g/mol. The molecule has 0 saturated heterocycles. The fourth-order valence-electron chi connectivity index (χ4n) is 3.57. The van der Waals surface area contributed by atoms with E-state index in [1.165, 1.54) is 0 Å². The Kier molecular flexibility index (Phi) is 4.73. The Morgan fingerprint density at radius 2 is 1.75 bits per heavy atom. The standard InChI is InChI=1S/C21H22N4O3/c1-12-9-20(27)25-17-7-5-14(11-18(17)22-12)21(28)23-15-6-8-16-13(10-15)3-2-4-19(26)24-16/h5-8,10-12,22H,2-4,9H2,1H3,(H,23,28)(H,24,26)(H,25,27). The first-order valence-corrected chi connectivity index (χ1v) is 9.42. The summed E-state index contributed by atoms with van der Waals surface area (Å²) >= 11 is 0. The first-order chi connectivity index (χ1) is 13.5. The number of amides is 3. The summed E-state index contributed by atoms with van der Waals surface area (Å²) in [7, 11) is 0. The van der Waals surface area contributed by atoms with E-state index in [9.17, 15) is 14.4 Å². The lowest BCUT2D eigenvalue weighted by Gasteiger charge is -2.14. The summed E-state index contributed by atoms with van der Waals surface area (Å²) in [5, 5.41) is 11.9. The third-order valence-electron chi connectivity index (χ3n) is 4.94. The van der Waals surface area contributed by atoms with Gasteiger partial charge in [-0.15, -0.1) is 0 Å². The Morgan fingerprint density at radius 1 is 0.964 bits per heavy atom. The molecule has 0 fully saturated rings. The Hall–Kier alpha value is -3.35. The van der Waals surface area contributed by atoms with Crippen molar-refractivity contribution in [2.24, 2.45) is 0 Å². The summed E-state index contributed by atoms with van der Waals surface area (Å²) in [6.45, 7) is 1.93. The topological polar surface area (TPSA) is 99.3 Å². The van der Waals surface area contributed by atoms with Crippen LogP contribution in [0.2, 0.25) is 0 Å². The van der Waals surface area contributed by atoms with Crippen molar-refractivity contribution in [2.75, 3.05) is 21.3 Å². The largest absolute Gasteiger partial charge is 0.380 e. The van der Waals surface area contributed by atoms with E-state index >= 15 is 0 Å². The van der Waals surface area contributed by atoms with E-state index < -0.39 is 0 Å². The number of benzene rings is 2. The van der Waals surface area contributed by atoms with Crippen LogP contribution in [0.15, 0.2) is 36.4 Å². The van der Waals surface area contributed by atoms with Gasteiger partial charge >= 0.3 is 0 Å². The molecular formula is C21H22N4O3. The van der Waals surface area contributed by atoms with Crippen molar-refractivity contribution in [1.82, 2.24) is 0 Å². The number of rotatable bonds is 2. The van der Waals surface area contributed by atoms with Crippen molar-refractivity contribution in [3.63, 3.8) is 0 Å². The Labute approximate surface area is 162 Å². The van der Waals surface area contributed by atoms with Gasteiger partial charge in [0.05, 0.1) is 11.4 Å². The van der Waals surface area contributed by atoms with Gasteiger partial charge in [0.25, 0.3) is 5.91 Å². The molecule has 0 aliphatic carbocycles. The third-order valence-corrected chi connectivity index (χ3v) is 4.94. The number of hydrogen-bond donors (Lipinski definition) is 4. The molecule has 7 nitrogen and oxygen atoms in total. The Bertz CT molecular complexity index is 970. The van der Waals surface area contributed by atoms with Crippen LogP contribution in [0, 0.1) is 0 Å². The highest BCUT2D eigenvalue weighted by Gasteiger charge is 2.19. The van der Waals surface area contributed by atoms with Gasteiger partial charge in [-0.2, -0.15) is 0 Å². The summed E-state index contributed by atoms with van der Waals surface area (Å²) < 4.78 is 0. The smallest absolute Gasteiger partial charge is 0.255 e. The van der Waals surface area contributed by atoms with Gasteiger partial charge in [0.2, 0.25) is 11.8 Å². The molecule has 2 aliphatic rings. The average Bonchev–Trinajstić information content (AvgIpc) is 2.91. The van der Waals surface area contributed by atoms with Gasteiger partial charge in [-0.25, -0.2) is 0 Å². The second-order valence-electron chi connectivity index (χ2n) is 7.29. The zero-order valence-electron chi connectivity index (χ0n) is 15.6. The quantitative estimate of drug-likeness (QED) is 0.644. The van der Waals surface area contributed by atoms with Crippen LogP contribution in [-0.4, -0.2) is 23.8 Å². The van der Waals surface area contributed by atoms with E-state index in [1.54, 1.807) is 24.3 Å². The SMILES string of the molecule is CC1CC(=O)Nc2ccc(C(=O)Nc3ccc4c(c3)CCCC(=O)N4)cc2N1. The van der Waals surface area contributed by atoms with E-state index in [4.69, 9.17) is 0 Å². The number of fused-ring (bicyclic) bond motifs is 2. The van der Waals surface area contributed by atoms with E-state index in [2.05, 4.69) is 21.3 Å². The van der Waals surface area contributed by atoms with Crippen molar-refractivity contribution >= 4 is 40.5 Å². The maximum atomic E-state index is 12.7. The molecule has 0 radical (unpaired) electrons. The molecule has 144 valence electrons. The number of nitrogens with one attached hydrogen (secondary N) is 4. The van der Waals surface area contributed by atoms with Crippen LogP contribution in [0.5, 0.6) is 0 Å². The summed E-state index contributed by atoms with van der Waals surface area (Å²) in [6, 6.07) is 10.7. The van der Waals surface area contributed by atoms with Crippen LogP contribution in [0.1, 0.15) is 42.1 Å². The molecule has 0 saturated carbocycles. The van der Waals surface area contributed by atoms with Gasteiger partial charge in [-0.3, -0.25) is 14.4 Å². The van der Waals surface area contributed by atoms with E-state index in [0.717, 1.165) is 29.8 Å². The zero-order chi connectivity index (χ0) is 19.7. The summed E-state index contributed by atoms with van der Waals surface area (Å²) in [5.74, 6) is -0.257. The molecule has 2 aliphatic heterocycles. The van der Waals surface area contributed by atoms with E-state index in [1.807, 2.05) is 19.1 Å². The summed E-state index contributed by atoms with van der Waals surface area (Å²) in [4.78, 5) is 36.2. The lowest BCUT2D eigenvalue weighted by molar-refractivity contribution is -0.117. The lowest BCUT2D eigenvalue weighted by Crippen LogP contribution is -2.19. The molecule has 0 bridgehead atoms. The molecule has 7 heteroatoms. The molecule has 1 atom stereocenters. The van der Waals surface area contributed by atoms with Crippen LogP contribution in [0.25, 0.3) is 0 Å². The number of carbonyl (C=O) groups excluding carboxylic acids is 3. The second-order valence-corrected chi connectivity index (χ2v) is 7.29. The van der Waals surface area contributed by atoms with Crippen LogP contribution < -0.4 is 21.3 Å². The minimum atomic E-state index is -0.231. The van der Waals surface area contributed by atoms with Crippen molar-refractivity contribution < 1.29 is 14.4 Å². The number of hydrogen-bond acceptors (Lipinski definition) is 4. The molecule has 0 spiro atoms. The molecule has 2 heterocycles. The molecule has 0 aromatic heterocycles. The zero-order valence-corrected chi connectivity index (χ0v) is 15.6. The number of carbonyl (C=O) groups is 3. The van der Waals surface area contributed by atoms with Gasteiger partial charge < -0.3 is 21.3 Å². The van der Waals surface area contributed by atoms with Crippen molar-refractivity contribution in [3.05, 3.63) is 47.5 Å². The molecule has 2 aromatic rings. The Balaban J connectivity index is 1.54. The van der Waals surface area contributed by atoms with E-state index in [0.29, 0.717) is 29.8 Å². The maximum Gasteiger partial charge on any atom is 0.255 e. The van der Waals surface area contributed by atoms with Gasteiger partial charge in [0.15, 0.2) is 0 Å². The fourth-order valence-corrected chi connectivity index (χ4v) is 3.57.